The number of aromatic amines is 1. The van der Waals surface area contributed by atoms with Crippen LogP contribution in [0.15, 0.2) is 29.2 Å². The molecule has 1 aromatic carbocycles. The van der Waals surface area contributed by atoms with Crippen LogP contribution in [-0.2, 0) is 10.0 Å². The molecule has 1 aromatic heterocycles. The van der Waals surface area contributed by atoms with E-state index in [-0.39, 0.29) is 11.7 Å². The summed E-state index contributed by atoms with van der Waals surface area (Å²) in [4.78, 5) is -0.391. The fourth-order valence-electron chi connectivity index (χ4n) is 1.70. The van der Waals surface area contributed by atoms with Gasteiger partial charge in [-0.2, -0.15) is 5.10 Å². The first-order valence-corrected chi connectivity index (χ1v) is 7.62. The zero-order valence-electron chi connectivity index (χ0n) is 11.4. The Balaban J connectivity index is 2.30. The van der Waals surface area contributed by atoms with E-state index in [0.29, 0.717) is 5.56 Å². The molecule has 2 rings (SSSR count). The quantitative estimate of drug-likeness (QED) is 0.911. The molecule has 0 spiro atoms. The maximum absolute atomic E-state index is 13.7. The van der Waals surface area contributed by atoms with Crippen LogP contribution in [0.1, 0.15) is 31.0 Å². The lowest BCUT2D eigenvalue weighted by molar-refractivity contribution is 0.569. The van der Waals surface area contributed by atoms with Crippen LogP contribution in [0.25, 0.3) is 0 Å². The summed E-state index contributed by atoms with van der Waals surface area (Å²) in [7, 11) is -3.98. The normalized spacial score (nSPS) is 11.8. The Bertz CT molecular complexity index is 723. The molecule has 0 saturated carbocycles. The van der Waals surface area contributed by atoms with Gasteiger partial charge in [-0.3, -0.25) is 9.82 Å². The van der Waals surface area contributed by atoms with Gasteiger partial charge in [0.2, 0.25) is 0 Å². The fraction of sp³-hybridized carbons (Fsp3) is 0.308. The van der Waals surface area contributed by atoms with Crippen molar-refractivity contribution in [2.75, 3.05) is 4.72 Å². The Hall–Kier alpha value is -1.89. The van der Waals surface area contributed by atoms with Crippen LogP contribution in [0.2, 0.25) is 0 Å². The minimum absolute atomic E-state index is 0.147. The number of benzene rings is 1. The summed E-state index contributed by atoms with van der Waals surface area (Å²) >= 11 is 0. The van der Waals surface area contributed by atoms with E-state index in [2.05, 4.69) is 14.9 Å². The second-order valence-electron chi connectivity index (χ2n) is 4.90. The lowest BCUT2D eigenvalue weighted by atomic mass is 10.1. The van der Waals surface area contributed by atoms with E-state index >= 15 is 0 Å². The van der Waals surface area contributed by atoms with Crippen LogP contribution in [0.5, 0.6) is 0 Å². The topological polar surface area (TPSA) is 74.8 Å². The highest BCUT2D eigenvalue weighted by atomic mass is 32.2. The van der Waals surface area contributed by atoms with Crippen LogP contribution in [0.4, 0.5) is 10.2 Å². The largest absolute Gasteiger partial charge is 0.280 e. The molecule has 0 atom stereocenters. The monoisotopic (exact) mass is 297 g/mol. The molecular formula is C13H16FN3O2S. The Morgan fingerprint density at radius 3 is 2.55 bits per heavy atom. The summed E-state index contributed by atoms with van der Waals surface area (Å²) in [6.07, 6.45) is 0. The van der Waals surface area contributed by atoms with E-state index in [1.807, 2.05) is 13.8 Å². The first-order valence-electron chi connectivity index (χ1n) is 6.14. The third kappa shape index (κ3) is 2.98. The summed E-state index contributed by atoms with van der Waals surface area (Å²) in [6.45, 7) is 5.59. The van der Waals surface area contributed by atoms with E-state index < -0.39 is 20.7 Å². The average Bonchev–Trinajstić information content (AvgIpc) is 2.76. The van der Waals surface area contributed by atoms with Crippen LogP contribution < -0.4 is 4.72 Å². The molecule has 0 amide bonds. The molecule has 108 valence electrons. The molecule has 0 unspecified atom stereocenters. The number of nitrogens with zero attached hydrogens (tertiary/aromatic N) is 1. The number of hydrogen-bond donors (Lipinski definition) is 2. The third-order valence-corrected chi connectivity index (χ3v) is 4.22. The molecule has 20 heavy (non-hydrogen) atoms. The Kier molecular flexibility index (Phi) is 3.80. The lowest BCUT2D eigenvalue weighted by Crippen LogP contribution is -2.15. The number of nitrogens with one attached hydrogen (secondary N) is 2. The first kappa shape index (κ1) is 14.5. The second kappa shape index (κ2) is 5.24. The van der Waals surface area contributed by atoms with Gasteiger partial charge >= 0.3 is 0 Å². The van der Waals surface area contributed by atoms with Gasteiger partial charge in [0.1, 0.15) is 10.7 Å². The van der Waals surface area contributed by atoms with E-state index in [9.17, 15) is 12.8 Å². The van der Waals surface area contributed by atoms with Crippen LogP contribution in [0.3, 0.4) is 0 Å². The van der Waals surface area contributed by atoms with Crippen molar-refractivity contribution in [3.05, 3.63) is 41.3 Å². The Labute approximate surface area is 117 Å². The number of aryl methyl sites for hydroxylation is 1. The molecule has 7 heteroatoms. The van der Waals surface area contributed by atoms with Crippen LogP contribution in [-0.4, -0.2) is 18.6 Å². The van der Waals surface area contributed by atoms with E-state index in [0.717, 1.165) is 5.69 Å². The van der Waals surface area contributed by atoms with Crippen molar-refractivity contribution in [1.29, 1.82) is 0 Å². The number of sulfonamides is 1. The molecule has 0 saturated heterocycles. The number of aromatic nitrogens is 2. The molecule has 0 bridgehead atoms. The number of hydrogen-bond acceptors (Lipinski definition) is 3. The summed E-state index contributed by atoms with van der Waals surface area (Å²) in [6, 6.07) is 5.55. The van der Waals surface area contributed by atoms with Gasteiger partial charge in [-0.15, -0.1) is 0 Å². The Morgan fingerprint density at radius 1 is 1.30 bits per heavy atom. The molecule has 0 aliphatic carbocycles. The summed E-state index contributed by atoms with van der Waals surface area (Å²) in [5.41, 5.74) is 1.45. The van der Waals surface area contributed by atoms with Crippen molar-refractivity contribution in [2.24, 2.45) is 0 Å². The van der Waals surface area contributed by atoms with Gasteiger partial charge in [-0.1, -0.05) is 19.9 Å². The molecule has 0 radical (unpaired) electrons. The van der Waals surface area contributed by atoms with E-state index in [1.165, 1.54) is 12.1 Å². The zero-order valence-corrected chi connectivity index (χ0v) is 12.3. The second-order valence-corrected chi connectivity index (χ2v) is 6.55. The molecule has 5 nitrogen and oxygen atoms in total. The predicted molar refractivity (Wildman–Crippen MR) is 74.6 cm³/mol. The lowest BCUT2D eigenvalue weighted by Gasteiger charge is -2.06. The summed E-state index contributed by atoms with van der Waals surface area (Å²) < 4.78 is 40.2. The smallest absolute Gasteiger partial charge is 0.266 e. The van der Waals surface area contributed by atoms with Gasteiger partial charge in [0.25, 0.3) is 10.0 Å². The SMILES string of the molecule is Cc1ccc(S(=O)(=O)Nc2cc(C(C)C)[nH]n2)c(F)c1. The van der Waals surface area contributed by atoms with Crippen molar-refractivity contribution in [2.45, 2.75) is 31.6 Å². The van der Waals surface area contributed by atoms with E-state index in [4.69, 9.17) is 0 Å². The van der Waals surface area contributed by atoms with Gasteiger partial charge in [-0.25, -0.2) is 12.8 Å². The number of anilines is 1. The first-order chi connectivity index (χ1) is 9.29. The van der Waals surface area contributed by atoms with Crippen molar-refractivity contribution in [3.8, 4) is 0 Å². The minimum Gasteiger partial charge on any atom is -0.280 e. The molecule has 0 fully saturated rings. The summed E-state index contributed by atoms with van der Waals surface area (Å²) in [5, 5.41) is 6.59. The molecule has 0 aliphatic heterocycles. The van der Waals surface area contributed by atoms with Crippen molar-refractivity contribution in [1.82, 2.24) is 10.2 Å². The van der Waals surface area contributed by atoms with Crippen LogP contribution >= 0.6 is 0 Å². The van der Waals surface area contributed by atoms with Crippen molar-refractivity contribution < 1.29 is 12.8 Å². The van der Waals surface area contributed by atoms with Gasteiger partial charge in [0, 0.05) is 11.8 Å². The molecule has 2 aromatic rings. The number of H-pyrrole nitrogens is 1. The molecule has 1 heterocycles. The highest BCUT2D eigenvalue weighted by Gasteiger charge is 2.20. The predicted octanol–water partition coefficient (Wildman–Crippen LogP) is 2.78. The molecule has 0 aliphatic rings. The van der Waals surface area contributed by atoms with Gasteiger partial charge in [0.05, 0.1) is 0 Å². The van der Waals surface area contributed by atoms with Crippen molar-refractivity contribution >= 4 is 15.8 Å². The number of rotatable bonds is 4. The zero-order chi connectivity index (χ0) is 14.9. The number of halogens is 1. The van der Waals surface area contributed by atoms with Crippen molar-refractivity contribution in [3.63, 3.8) is 0 Å². The molecular weight excluding hydrogens is 281 g/mol. The van der Waals surface area contributed by atoms with Gasteiger partial charge in [-0.05, 0) is 30.5 Å². The Morgan fingerprint density at radius 2 is 2.00 bits per heavy atom. The maximum Gasteiger partial charge on any atom is 0.266 e. The molecule has 2 N–H and O–H groups in total. The van der Waals surface area contributed by atoms with Gasteiger partial charge in [0.15, 0.2) is 5.82 Å². The van der Waals surface area contributed by atoms with Crippen LogP contribution in [0, 0.1) is 12.7 Å². The highest BCUT2D eigenvalue weighted by Crippen LogP contribution is 2.20. The minimum atomic E-state index is -3.98. The van der Waals surface area contributed by atoms with E-state index in [1.54, 1.807) is 19.1 Å². The average molecular weight is 297 g/mol. The third-order valence-electron chi connectivity index (χ3n) is 2.84. The highest BCUT2D eigenvalue weighted by molar-refractivity contribution is 7.92. The maximum atomic E-state index is 13.7. The standard InChI is InChI=1S/C13H16FN3O2S/c1-8(2)11-7-13(16-15-11)17-20(18,19)12-5-4-9(3)6-10(12)14/h4-8H,1-3H3,(H2,15,16,17). The summed E-state index contributed by atoms with van der Waals surface area (Å²) in [5.74, 6) is -0.442. The van der Waals surface area contributed by atoms with Gasteiger partial charge < -0.3 is 0 Å². The fourth-order valence-corrected chi connectivity index (χ4v) is 2.75.